The molecule has 1 aromatic heterocycles. The summed E-state index contributed by atoms with van der Waals surface area (Å²) in [6.45, 7) is 0.961. The lowest BCUT2D eigenvalue weighted by Crippen LogP contribution is -2.26. The predicted octanol–water partition coefficient (Wildman–Crippen LogP) is 3.76. The monoisotopic (exact) mass is 548 g/mol. The van der Waals surface area contributed by atoms with Gasteiger partial charge in [0.05, 0.1) is 13.2 Å². The van der Waals surface area contributed by atoms with Gasteiger partial charge in [0.15, 0.2) is 0 Å². The lowest BCUT2D eigenvalue weighted by atomic mass is 10.1. The Hall–Kier alpha value is -4.21. The molecule has 0 unspecified atom stereocenters. The third kappa shape index (κ3) is 9.24. The fourth-order valence-electron chi connectivity index (χ4n) is 3.60. The maximum Gasteiger partial charge on any atom is 0.347 e. The zero-order valence-corrected chi connectivity index (χ0v) is 22.6. The summed E-state index contributed by atoms with van der Waals surface area (Å²) in [5, 5.41) is 27.7. The fraction of sp³-hybridized carbons (Fsp3) is 0.241. The highest BCUT2D eigenvalue weighted by molar-refractivity contribution is 6.30. The van der Waals surface area contributed by atoms with Gasteiger partial charge in [0, 0.05) is 42.9 Å². The summed E-state index contributed by atoms with van der Waals surface area (Å²) in [5.41, 5.74) is 2.52. The number of halogens is 1. The van der Waals surface area contributed by atoms with Crippen LogP contribution in [0.4, 0.5) is 5.95 Å². The second-order valence-corrected chi connectivity index (χ2v) is 9.07. The molecule has 4 N–H and O–H groups in total. The van der Waals surface area contributed by atoms with E-state index in [0.717, 1.165) is 11.1 Å². The van der Waals surface area contributed by atoms with Crippen molar-refractivity contribution in [1.82, 2.24) is 19.7 Å². The molecule has 0 atom stereocenters. The topological polar surface area (TPSA) is 125 Å². The molecule has 4 aromatic rings. The minimum atomic E-state index is -0.239. The van der Waals surface area contributed by atoms with Gasteiger partial charge in [-0.15, -0.1) is 5.10 Å². The molecule has 0 saturated carbocycles. The van der Waals surface area contributed by atoms with Gasteiger partial charge in [-0.05, 0) is 41.8 Å². The second-order valence-electron chi connectivity index (χ2n) is 8.63. The number of nitrogens with zero attached hydrogens (tertiary/aromatic N) is 3. The molecule has 0 aliphatic carbocycles. The molecule has 10 heteroatoms. The predicted molar refractivity (Wildman–Crippen MR) is 155 cm³/mol. The Bertz CT molecular complexity index is 1360. The number of carbonyl (C=O) groups excluding carboxylic acids is 1. The third-order valence-corrected chi connectivity index (χ3v) is 6.04. The van der Waals surface area contributed by atoms with Crippen LogP contribution in [-0.2, 0) is 20.0 Å². The number of aromatic nitrogens is 3. The second kappa shape index (κ2) is 15.3. The highest BCUT2D eigenvalue weighted by atomic mass is 35.5. The van der Waals surface area contributed by atoms with Crippen molar-refractivity contribution in [2.45, 2.75) is 19.4 Å². The van der Waals surface area contributed by atoms with E-state index < -0.39 is 0 Å². The van der Waals surface area contributed by atoms with Crippen LogP contribution in [-0.4, -0.2) is 50.8 Å². The maximum atomic E-state index is 12.5. The molecule has 0 aliphatic rings. The van der Waals surface area contributed by atoms with Gasteiger partial charge in [-0.25, -0.2) is 9.48 Å². The standard InChI is InChI=1S/C23H27ClN6O3.C6H6/c1-29-22(27-12-10-20(25)17-6-8-19(24)9-7-17)28-30(23(29)33)14-11-16-2-4-18(5-3-16)21(32)26-13-15-31;1-2-4-6-5-3-1/h2-9,25,31H,10-15H2,1H3,(H,26,32)(H,27,28);1-6H. The van der Waals surface area contributed by atoms with Crippen molar-refractivity contribution in [3.63, 3.8) is 0 Å². The van der Waals surface area contributed by atoms with Crippen molar-refractivity contribution in [2.24, 2.45) is 7.05 Å². The Labute approximate surface area is 232 Å². The van der Waals surface area contributed by atoms with Gasteiger partial charge in [0.2, 0.25) is 5.95 Å². The number of hydrogen-bond donors (Lipinski definition) is 4. The van der Waals surface area contributed by atoms with Crippen LogP contribution < -0.4 is 16.3 Å². The summed E-state index contributed by atoms with van der Waals surface area (Å²) in [6.07, 6.45) is 1.05. The van der Waals surface area contributed by atoms with Crippen molar-refractivity contribution >= 4 is 29.2 Å². The van der Waals surface area contributed by atoms with E-state index in [4.69, 9.17) is 22.1 Å². The van der Waals surface area contributed by atoms with Gasteiger partial charge in [-0.2, -0.15) is 0 Å². The smallest absolute Gasteiger partial charge is 0.347 e. The molecule has 204 valence electrons. The summed E-state index contributed by atoms with van der Waals surface area (Å²) in [4.78, 5) is 24.4. The molecular formula is C29H33ClN6O3. The molecule has 0 aliphatic heterocycles. The highest BCUT2D eigenvalue weighted by Crippen LogP contribution is 2.11. The van der Waals surface area contributed by atoms with Crippen molar-refractivity contribution in [2.75, 3.05) is 25.0 Å². The first kappa shape index (κ1) is 29.3. The first-order chi connectivity index (χ1) is 18.9. The summed E-state index contributed by atoms with van der Waals surface area (Å²) >= 11 is 5.89. The van der Waals surface area contributed by atoms with Crippen LogP contribution in [0, 0.1) is 5.41 Å². The van der Waals surface area contributed by atoms with E-state index in [-0.39, 0.29) is 24.7 Å². The molecule has 3 aromatic carbocycles. The van der Waals surface area contributed by atoms with Gasteiger partial charge in [0.25, 0.3) is 5.91 Å². The highest BCUT2D eigenvalue weighted by Gasteiger charge is 2.11. The first-order valence-electron chi connectivity index (χ1n) is 12.6. The Kier molecular flexibility index (Phi) is 11.5. The van der Waals surface area contributed by atoms with Crippen LogP contribution in [0.15, 0.2) is 89.7 Å². The number of nitrogens with one attached hydrogen (secondary N) is 3. The Balaban J connectivity index is 0.000000617. The molecule has 1 amide bonds. The van der Waals surface area contributed by atoms with E-state index in [0.29, 0.717) is 48.2 Å². The summed E-state index contributed by atoms with van der Waals surface area (Å²) in [6, 6.07) is 26.2. The lowest BCUT2D eigenvalue weighted by Gasteiger charge is -2.06. The quantitative estimate of drug-likeness (QED) is 0.212. The number of rotatable bonds is 11. The number of benzene rings is 3. The van der Waals surface area contributed by atoms with Crippen LogP contribution in [0.1, 0.15) is 27.9 Å². The summed E-state index contributed by atoms with van der Waals surface area (Å²) in [7, 11) is 1.65. The molecule has 0 fully saturated rings. The van der Waals surface area contributed by atoms with E-state index in [1.54, 1.807) is 31.3 Å². The minimum absolute atomic E-state index is 0.107. The van der Waals surface area contributed by atoms with E-state index in [1.807, 2.05) is 60.7 Å². The fourth-order valence-corrected chi connectivity index (χ4v) is 3.72. The van der Waals surface area contributed by atoms with E-state index in [1.165, 1.54) is 9.25 Å². The third-order valence-electron chi connectivity index (χ3n) is 5.78. The molecule has 1 heterocycles. The van der Waals surface area contributed by atoms with E-state index >= 15 is 0 Å². The van der Waals surface area contributed by atoms with Crippen LogP contribution in [0.5, 0.6) is 0 Å². The molecule has 9 nitrogen and oxygen atoms in total. The Morgan fingerprint density at radius 1 is 0.949 bits per heavy atom. The zero-order valence-electron chi connectivity index (χ0n) is 21.8. The van der Waals surface area contributed by atoms with Crippen molar-refractivity contribution in [3.05, 3.63) is 117 Å². The number of anilines is 1. The van der Waals surface area contributed by atoms with Crippen molar-refractivity contribution < 1.29 is 9.90 Å². The SMILES string of the molecule is Cn1c(NCCC(=N)c2ccc(Cl)cc2)nn(CCc2ccc(C(=O)NCCO)cc2)c1=O.c1ccccc1. The van der Waals surface area contributed by atoms with Crippen LogP contribution in [0.2, 0.25) is 5.02 Å². The maximum absolute atomic E-state index is 12.5. The normalized spacial score (nSPS) is 10.3. The summed E-state index contributed by atoms with van der Waals surface area (Å²) < 4.78 is 2.84. The van der Waals surface area contributed by atoms with Gasteiger partial charge in [-0.3, -0.25) is 9.36 Å². The molecule has 4 rings (SSSR count). The molecule has 0 radical (unpaired) electrons. The molecule has 0 bridgehead atoms. The average Bonchev–Trinajstić information content (AvgIpc) is 3.24. The average molecular weight is 549 g/mol. The number of aliphatic hydroxyl groups excluding tert-OH is 1. The number of aryl methyl sites for hydroxylation is 2. The molecule has 39 heavy (non-hydrogen) atoms. The van der Waals surface area contributed by atoms with Gasteiger partial charge in [0.1, 0.15) is 0 Å². The number of amides is 1. The van der Waals surface area contributed by atoms with E-state index in [2.05, 4.69) is 15.7 Å². The van der Waals surface area contributed by atoms with Gasteiger partial charge in [-0.1, -0.05) is 72.3 Å². The van der Waals surface area contributed by atoms with Crippen LogP contribution in [0.25, 0.3) is 0 Å². The zero-order chi connectivity index (χ0) is 28.0. The van der Waals surface area contributed by atoms with Crippen molar-refractivity contribution in [3.8, 4) is 0 Å². The first-order valence-corrected chi connectivity index (χ1v) is 13.0. The number of hydrogen-bond acceptors (Lipinski definition) is 6. The Morgan fingerprint density at radius 3 is 2.13 bits per heavy atom. The molecular weight excluding hydrogens is 516 g/mol. The van der Waals surface area contributed by atoms with Gasteiger partial charge >= 0.3 is 5.69 Å². The minimum Gasteiger partial charge on any atom is -0.395 e. The largest absolute Gasteiger partial charge is 0.395 e. The number of carbonyl (C=O) groups is 1. The summed E-state index contributed by atoms with van der Waals surface area (Å²) in [5.74, 6) is 0.205. The number of aliphatic hydroxyl groups is 1. The van der Waals surface area contributed by atoms with Gasteiger partial charge < -0.3 is 21.1 Å². The van der Waals surface area contributed by atoms with Crippen LogP contribution >= 0.6 is 11.6 Å². The lowest BCUT2D eigenvalue weighted by molar-refractivity contribution is 0.0944. The van der Waals surface area contributed by atoms with Crippen LogP contribution in [0.3, 0.4) is 0 Å². The Morgan fingerprint density at radius 2 is 1.54 bits per heavy atom. The van der Waals surface area contributed by atoms with Crippen molar-refractivity contribution in [1.29, 1.82) is 5.41 Å². The molecule has 0 spiro atoms. The molecule has 0 saturated heterocycles. The van der Waals surface area contributed by atoms with E-state index in [9.17, 15) is 9.59 Å².